The summed E-state index contributed by atoms with van der Waals surface area (Å²) in [6.45, 7) is 1.51. The van der Waals surface area contributed by atoms with Gasteiger partial charge in [0, 0.05) is 30.6 Å². The third-order valence-electron chi connectivity index (χ3n) is 6.83. The number of nitrogens with zero attached hydrogens (tertiary/aromatic N) is 2. The predicted octanol–water partition coefficient (Wildman–Crippen LogP) is 3.74. The fourth-order valence-electron chi connectivity index (χ4n) is 4.73. The van der Waals surface area contributed by atoms with Gasteiger partial charge in [-0.05, 0) is 49.6 Å². The Morgan fingerprint density at radius 3 is 2.42 bits per heavy atom. The van der Waals surface area contributed by atoms with Gasteiger partial charge in [-0.15, -0.1) is 0 Å². The van der Waals surface area contributed by atoms with E-state index in [-0.39, 0.29) is 41.9 Å². The molecule has 192 valence electrons. The molecule has 0 spiro atoms. The van der Waals surface area contributed by atoms with Crippen molar-refractivity contribution in [2.45, 2.75) is 69.0 Å². The number of carbonyl (C=O) groups excluding carboxylic acids is 3. The summed E-state index contributed by atoms with van der Waals surface area (Å²) in [4.78, 5) is 40.6. The van der Waals surface area contributed by atoms with Crippen LogP contribution in [0.25, 0.3) is 0 Å². The van der Waals surface area contributed by atoms with Crippen molar-refractivity contribution in [2.75, 3.05) is 6.54 Å². The molecule has 10 heteroatoms. The monoisotopic (exact) mass is 531 g/mol. The van der Waals surface area contributed by atoms with Gasteiger partial charge >= 0.3 is 0 Å². The van der Waals surface area contributed by atoms with E-state index in [1.165, 1.54) is 17.0 Å². The topological polar surface area (TPSA) is 104 Å². The van der Waals surface area contributed by atoms with Crippen LogP contribution in [0.3, 0.4) is 0 Å². The van der Waals surface area contributed by atoms with E-state index in [4.69, 9.17) is 11.6 Å². The fraction of sp³-hybridized carbons (Fsp3) is 0.423. The van der Waals surface area contributed by atoms with Crippen molar-refractivity contribution in [3.8, 4) is 0 Å². The smallest absolute Gasteiger partial charge is 0.269 e. The zero-order valence-corrected chi connectivity index (χ0v) is 21.7. The van der Waals surface area contributed by atoms with E-state index in [1.807, 2.05) is 0 Å². The quantitative estimate of drug-likeness (QED) is 0.559. The number of carbonyl (C=O) groups is 3. The number of rotatable bonds is 8. The van der Waals surface area contributed by atoms with E-state index in [2.05, 4.69) is 5.32 Å². The second-order valence-electron chi connectivity index (χ2n) is 9.30. The Morgan fingerprint density at radius 1 is 1.08 bits per heavy atom. The van der Waals surface area contributed by atoms with Crippen molar-refractivity contribution >= 4 is 39.3 Å². The summed E-state index contributed by atoms with van der Waals surface area (Å²) in [7, 11) is -4.02. The molecule has 1 N–H and O–H groups in total. The number of hydrogen-bond acceptors (Lipinski definition) is 5. The van der Waals surface area contributed by atoms with Crippen LogP contribution in [0.1, 0.15) is 61.4 Å². The fourth-order valence-corrected chi connectivity index (χ4v) is 6.43. The Kier molecular flexibility index (Phi) is 8.00. The SMILES string of the molecule is C[C@@H](C(=O)NC1CCCCC1)N(Cc1ccc(Cl)cc1)C(=O)CCN1C(=O)c2ccccc2S1(=O)=O. The summed E-state index contributed by atoms with van der Waals surface area (Å²) in [6, 6.07) is 12.3. The first-order valence-corrected chi connectivity index (χ1v) is 14.0. The number of sulfonamides is 1. The first kappa shape index (κ1) is 26.2. The lowest BCUT2D eigenvalue weighted by molar-refractivity contribution is -0.141. The van der Waals surface area contributed by atoms with Gasteiger partial charge in [-0.25, -0.2) is 12.7 Å². The normalized spacial score (nSPS) is 17.9. The van der Waals surface area contributed by atoms with Crippen molar-refractivity contribution < 1.29 is 22.8 Å². The third-order valence-corrected chi connectivity index (χ3v) is 8.92. The number of nitrogens with one attached hydrogen (secondary N) is 1. The van der Waals surface area contributed by atoms with Crippen LogP contribution in [0, 0.1) is 0 Å². The number of halogens is 1. The van der Waals surface area contributed by atoms with E-state index in [9.17, 15) is 22.8 Å². The Bertz CT molecular complexity index is 1240. The van der Waals surface area contributed by atoms with Gasteiger partial charge in [0.2, 0.25) is 11.8 Å². The van der Waals surface area contributed by atoms with Gasteiger partial charge in [0.1, 0.15) is 10.9 Å². The van der Waals surface area contributed by atoms with E-state index in [0.717, 1.165) is 42.0 Å². The van der Waals surface area contributed by atoms with Crippen LogP contribution in [-0.4, -0.2) is 54.0 Å². The van der Waals surface area contributed by atoms with E-state index >= 15 is 0 Å². The van der Waals surface area contributed by atoms with E-state index < -0.39 is 27.9 Å². The van der Waals surface area contributed by atoms with Gasteiger partial charge in [-0.3, -0.25) is 14.4 Å². The highest BCUT2D eigenvalue weighted by molar-refractivity contribution is 7.90. The molecule has 1 heterocycles. The van der Waals surface area contributed by atoms with Gasteiger partial charge < -0.3 is 10.2 Å². The Hall–Kier alpha value is -2.91. The number of benzene rings is 2. The Labute approximate surface area is 216 Å². The second kappa shape index (κ2) is 11.0. The zero-order valence-electron chi connectivity index (χ0n) is 20.2. The molecular formula is C26H30ClN3O5S. The summed E-state index contributed by atoms with van der Waals surface area (Å²) in [5.74, 6) is -1.32. The molecular weight excluding hydrogens is 502 g/mol. The van der Waals surface area contributed by atoms with Crippen LogP contribution in [-0.2, 0) is 26.2 Å². The van der Waals surface area contributed by atoms with E-state index in [1.54, 1.807) is 43.3 Å². The lowest BCUT2D eigenvalue weighted by Crippen LogP contribution is -2.50. The molecule has 1 aliphatic carbocycles. The lowest BCUT2D eigenvalue weighted by Gasteiger charge is -2.31. The molecule has 1 fully saturated rings. The molecule has 0 radical (unpaired) electrons. The van der Waals surface area contributed by atoms with Crippen molar-refractivity contribution in [3.63, 3.8) is 0 Å². The highest BCUT2D eigenvalue weighted by Crippen LogP contribution is 2.30. The van der Waals surface area contributed by atoms with Crippen LogP contribution >= 0.6 is 11.6 Å². The van der Waals surface area contributed by atoms with Crippen molar-refractivity contribution in [1.29, 1.82) is 0 Å². The molecule has 2 aromatic carbocycles. The largest absolute Gasteiger partial charge is 0.352 e. The lowest BCUT2D eigenvalue weighted by atomic mass is 9.95. The third kappa shape index (κ3) is 5.57. The van der Waals surface area contributed by atoms with Gasteiger partial charge in [0.15, 0.2) is 0 Å². The minimum absolute atomic E-state index is 0.0549. The van der Waals surface area contributed by atoms with E-state index in [0.29, 0.717) is 5.02 Å². The molecule has 2 aliphatic rings. The summed E-state index contributed by atoms with van der Waals surface area (Å²) in [5, 5.41) is 3.62. The maximum atomic E-state index is 13.4. The summed E-state index contributed by atoms with van der Waals surface area (Å²) in [5.41, 5.74) is 0.880. The molecule has 0 unspecified atom stereocenters. The molecule has 0 bridgehead atoms. The summed E-state index contributed by atoms with van der Waals surface area (Å²) in [6.07, 6.45) is 4.87. The second-order valence-corrected chi connectivity index (χ2v) is 11.6. The number of hydrogen-bond donors (Lipinski definition) is 1. The summed E-state index contributed by atoms with van der Waals surface area (Å²) >= 11 is 5.99. The molecule has 1 saturated carbocycles. The zero-order chi connectivity index (χ0) is 25.9. The van der Waals surface area contributed by atoms with Crippen molar-refractivity contribution in [3.05, 3.63) is 64.7 Å². The van der Waals surface area contributed by atoms with Crippen LogP contribution in [0.15, 0.2) is 53.4 Å². The van der Waals surface area contributed by atoms with Gasteiger partial charge in [-0.1, -0.05) is 55.1 Å². The van der Waals surface area contributed by atoms with Crippen molar-refractivity contribution in [2.24, 2.45) is 0 Å². The molecule has 8 nitrogen and oxygen atoms in total. The molecule has 36 heavy (non-hydrogen) atoms. The molecule has 0 saturated heterocycles. The molecule has 4 rings (SSSR count). The van der Waals surface area contributed by atoms with Crippen LogP contribution < -0.4 is 5.32 Å². The van der Waals surface area contributed by atoms with Gasteiger partial charge in [-0.2, -0.15) is 0 Å². The number of amides is 3. The number of fused-ring (bicyclic) bond motifs is 1. The van der Waals surface area contributed by atoms with Crippen LogP contribution in [0.5, 0.6) is 0 Å². The van der Waals surface area contributed by atoms with Gasteiger partial charge in [0.05, 0.1) is 5.56 Å². The molecule has 1 atom stereocenters. The van der Waals surface area contributed by atoms with Crippen LogP contribution in [0.4, 0.5) is 0 Å². The van der Waals surface area contributed by atoms with Crippen molar-refractivity contribution in [1.82, 2.24) is 14.5 Å². The first-order valence-electron chi connectivity index (χ1n) is 12.2. The summed E-state index contributed by atoms with van der Waals surface area (Å²) < 4.78 is 26.5. The molecule has 2 aromatic rings. The molecule has 1 aliphatic heterocycles. The standard InChI is InChI=1S/C26H30ClN3O5S/c1-18(25(32)28-21-7-3-2-4-8-21)29(17-19-11-13-20(27)14-12-19)24(31)15-16-30-26(33)22-9-5-6-10-23(22)36(30,34)35/h5-6,9-14,18,21H,2-4,7-8,15-17H2,1H3,(H,28,32)/t18-/m0/s1. The first-order chi connectivity index (χ1) is 17.2. The minimum atomic E-state index is -4.02. The Balaban J connectivity index is 1.49. The van der Waals surface area contributed by atoms with Crippen LogP contribution in [0.2, 0.25) is 5.02 Å². The average molecular weight is 532 g/mol. The molecule has 0 aromatic heterocycles. The molecule has 3 amide bonds. The predicted molar refractivity (Wildman–Crippen MR) is 136 cm³/mol. The van der Waals surface area contributed by atoms with Gasteiger partial charge in [0.25, 0.3) is 15.9 Å². The maximum absolute atomic E-state index is 13.4. The average Bonchev–Trinajstić information content (AvgIpc) is 3.07. The Morgan fingerprint density at radius 2 is 1.75 bits per heavy atom. The highest BCUT2D eigenvalue weighted by Gasteiger charge is 2.41. The minimum Gasteiger partial charge on any atom is -0.352 e. The maximum Gasteiger partial charge on any atom is 0.269 e. The highest BCUT2D eigenvalue weighted by atomic mass is 35.5.